The SMILES string of the molecule is CC(C)Oc1cccc(Nc2cnc3ncccc3n2)c1. The lowest BCUT2D eigenvalue weighted by Crippen LogP contribution is -2.05. The second kappa shape index (κ2) is 5.75. The van der Waals surface area contributed by atoms with Gasteiger partial charge in [0.15, 0.2) is 5.65 Å². The van der Waals surface area contributed by atoms with E-state index in [-0.39, 0.29) is 6.10 Å². The normalized spacial score (nSPS) is 10.8. The van der Waals surface area contributed by atoms with Crippen molar-refractivity contribution < 1.29 is 4.74 Å². The summed E-state index contributed by atoms with van der Waals surface area (Å²) in [5.41, 5.74) is 2.31. The molecular weight excluding hydrogens is 264 g/mol. The minimum atomic E-state index is 0.145. The van der Waals surface area contributed by atoms with Crippen LogP contribution < -0.4 is 10.1 Å². The fourth-order valence-electron chi connectivity index (χ4n) is 1.98. The van der Waals surface area contributed by atoms with Crippen molar-refractivity contribution in [2.75, 3.05) is 5.32 Å². The third-order valence-corrected chi connectivity index (χ3v) is 2.79. The van der Waals surface area contributed by atoms with E-state index in [0.717, 1.165) is 17.0 Å². The molecule has 0 saturated heterocycles. The molecule has 0 spiro atoms. The van der Waals surface area contributed by atoms with Crippen LogP contribution in [0.5, 0.6) is 5.75 Å². The summed E-state index contributed by atoms with van der Waals surface area (Å²) in [6, 6.07) is 11.5. The molecule has 0 saturated carbocycles. The van der Waals surface area contributed by atoms with Gasteiger partial charge in [-0.1, -0.05) is 6.07 Å². The number of nitrogens with zero attached hydrogens (tertiary/aromatic N) is 3. The van der Waals surface area contributed by atoms with Gasteiger partial charge < -0.3 is 10.1 Å². The number of nitrogens with one attached hydrogen (secondary N) is 1. The summed E-state index contributed by atoms with van der Waals surface area (Å²) >= 11 is 0. The first-order valence-electron chi connectivity index (χ1n) is 6.82. The number of aromatic nitrogens is 3. The van der Waals surface area contributed by atoms with Crippen molar-refractivity contribution in [2.24, 2.45) is 0 Å². The first-order valence-corrected chi connectivity index (χ1v) is 6.82. The Kier molecular flexibility index (Phi) is 3.64. The molecule has 3 aromatic rings. The average Bonchev–Trinajstić information content (AvgIpc) is 2.47. The standard InChI is InChI=1S/C16H16N4O/c1-11(2)21-13-6-3-5-12(9-13)19-15-10-18-16-14(20-15)7-4-8-17-16/h3-11H,1-2H3,(H,19,20). The molecule has 5 nitrogen and oxygen atoms in total. The summed E-state index contributed by atoms with van der Waals surface area (Å²) in [6.45, 7) is 4.00. The zero-order chi connectivity index (χ0) is 14.7. The Morgan fingerprint density at radius 1 is 1.10 bits per heavy atom. The van der Waals surface area contributed by atoms with Crippen molar-refractivity contribution in [1.82, 2.24) is 15.0 Å². The van der Waals surface area contributed by atoms with Crippen LogP contribution in [-0.2, 0) is 0 Å². The van der Waals surface area contributed by atoms with Crippen LogP contribution in [0.4, 0.5) is 11.5 Å². The molecular formula is C16H16N4O. The smallest absolute Gasteiger partial charge is 0.178 e. The lowest BCUT2D eigenvalue weighted by Gasteiger charge is -2.11. The molecule has 0 unspecified atom stereocenters. The van der Waals surface area contributed by atoms with Crippen LogP contribution in [-0.4, -0.2) is 21.1 Å². The van der Waals surface area contributed by atoms with Gasteiger partial charge in [-0.15, -0.1) is 0 Å². The molecule has 106 valence electrons. The largest absolute Gasteiger partial charge is 0.491 e. The first kappa shape index (κ1) is 13.3. The van der Waals surface area contributed by atoms with Gasteiger partial charge in [-0.2, -0.15) is 0 Å². The Morgan fingerprint density at radius 2 is 2.00 bits per heavy atom. The number of fused-ring (bicyclic) bond motifs is 1. The molecule has 0 fully saturated rings. The fourth-order valence-corrected chi connectivity index (χ4v) is 1.98. The van der Waals surface area contributed by atoms with Gasteiger partial charge in [0, 0.05) is 18.0 Å². The topological polar surface area (TPSA) is 59.9 Å². The van der Waals surface area contributed by atoms with Gasteiger partial charge in [0.1, 0.15) is 17.1 Å². The fraction of sp³-hybridized carbons (Fsp3) is 0.188. The molecule has 0 radical (unpaired) electrons. The van der Waals surface area contributed by atoms with E-state index in [9.17, 15) is 0 Å². The van der Waals surface area contributed by atoms with E-state index in [1.54, 1.807) is 12.4 Å². The van der Waals surface area contributed by atoms with Gasteiger partial charge in [-0.25, -0.2) is 15.0 Å². The average molecular weight is 280 g/mol. The monoisotopic (exact) mass is 280 g/mol. The van der Waals surface area contributed by atoms with Crippen LogP contribution in [0, 0.1) is 0 Å². The number of benzene rings is 1. The number of hydrogen-bond donors (Lipinski definition) is 1. The number of hydrogen-bond acceptors (Lipinski definition) is 5. The number of ether oxygens (including phenoxy) is 1. The van der Waals surface area contributed by atoms with E-state index in [0.29, 0.717) is 11.5 Å². The van der Waals surface area contributed by atoms with Crippen LogP contribution in [0.25, 0.3) is 11.2 Å². The predicted octanol–water partition coefficient (Wildman–Crippen LogP) is 3.56. The van der Waals surface area contributed by atoms with Crippen LogP contribution in [0.15, 0.2) is 48.8 Å². The summed E-state index contributed by atoms with van der Waals surface area (Å²) in [5, 5.41) is 3.23. The van der Waals surface area contributed by atoms with Gasteiger partial charge >= 0.3 is 0 Å². The second-order valence-electron chi connectivity index (χ2n) is 4.92. The van der Waals surface area contributed by atoms with E-state index in [1.165, 1.54) is 0 Å². The van der Waals surface area contributed by atoms with Gasteiger partial charge in [-0.3, -0.25) is 0 Å². The summed E-state index contributed by atoms with van der Waals surface area (Å²) in [6.07, 6.45) is 3.52. The summed E-state index contributed by atoms with van der Waals surface area (Å²) in [5.74, 6) is 1.50. The predicted molar refractivity (Wildman–Crippen MR) is 82.8 cm³/mol. The van der Waals surface area contributed by atoms with E-state index in [2.05, 4.69) is 20.3 Å². The molecule has 0 aliphatic carbocycles. The minimum absolute atomic E-state index is 0.145. The molecule has 1 N–H and O–H groups in total. The summed E-state index contributed by atoms with van der Waals surface area (Å²) in [4.78, 5) is 12.9. The maximum absolute atomic E-state index is 5.68. The highest BCUT2D eigenvalue weighted by molar-refractivity contribution is 5.72. The Morgan fingerprint density at radius 3 is 2.86 bits per heavy atom. The second-order valence-corrected chi connectivity index (χ2v) is 4.92. The number of rotatable bonds is 4. The summed E-state index contributed by atoms with van der Waals surface area (Å²) < 4.78 is 5.68. The molecule has 2 aromatic heterocycles. The zero-order valence-electron chi connectivity index (χ0n) is 11.9. The molecule has 0 aliphatic rings. The maximum Gasteiger partial charge on any atom is 0.178 e. The van der Waals surface area contributed by atoms with Crippen molar-refractivity contribution in [2.45, 2.75) is 20.0 Å². The maximum atomic E-state index is 5.68. The Balaban J connectivity index is 1.84. The summed E-state index contributed by atoms with van der Waals surface area (Å²) in [7, 11) is 0. The Hall–Kier alpha value is -2.69. The molecule has 0 atom stereocenters. The van der Waals surface area contributed by atoms with Gasteiger partial charge in [0.2, 0.25) is 0 Å². The molecule has 5 heteroatoms. The third kappa shape index (κ3) is 3.25. The van der Waals surface area contributed by atoms with Gasteiger partial charge in [0.25, 0.3) is 0 Å². The third-order valence-electron chi connectivity index (χ3n) is 2.79. The highest BCUT2D eigenvalue weighted by Crippen LogP contribution is 2.21. The van der Waals surface area contributed by atoms with E-state index >= 15 is 0 Å². The number of pyridine rings is 1. The Labute approximate surface area is 123 Å². The van der Waals surface area contributed by atoms with Crippen molar-refractivity contribution in [1.29, 1.82) is 0 Å². The first-order chi connectivity index (χ1) is 10.2. The highest BCUT2D eigenvalue weighted by atomic mass is 16.5. The van der Waals surface area contributed by atoms with Crippen molar-refractivity contribution >= 4 is 22.7 Å². The van der Waals surface area contributed by atoms with Crippen molar-refractivity contribution in [3.05, 3.63) is 48.8 Å². The molecule has 0 amide bonds. The lowest BCUT2D eigenvalue weighted by atomic mass is 10.3. The van der Waals surface area contributed by atoms with Crippen LogP contribution >= 0.6 is 0 Å². The molecule has 2 heterocycles. The van der Waals surface area contributed by atoms with E-state index in [1.807, 2.05) is 50.2 Å². The van der Waals surface area contributed by atoms with Gasteiger partial charge in [0.05, 0.1) is 12.3 Å². The molecule has 21 heavy (non-hydrogen) atoms. The van der Waals surface area contributed by atoms with E-state index < -0.39 is 0 Å². The van der Waals surface area contributed by atoms with Crippen molar-refractivity contribution in [3.63, 3.8) is 0 Å². The van der Waals surface area contributed by atoms with E-state index in [4.69, 9.17) is 4.74 Å². The minimum Gasteiger partial charge on any atom is -0.491 e. The van der Waals surface area contributed by atoms with Crippen LogP contribution in [0.2, 0.25) is 0 Å². The van der Waals surface area contributed by atoms with Crippen molar-refractivity contribution in [3.8, 4) is 5.75 Å². The molecule has 3 rings (SSSR count). The zero-order valence-corrected chi connectivity index (χ0v) is 11.9. The van der Waals surface area contributed by atoms with Crippen LogP contribution in [0.1, 0.15) is 13.8 Å². The quantitative estimate of drug-likeness (QED) is 0.792. The molecule has 0 bridgehead atoms. The van der Waals surface area contributed by atoms with Gasteiger partial charge in [-0.05, 0) is 38.1 Å². The molecule has 1 aromatic carbocycles. The Bertz CT molecular complexity index is 758. The number of anilines is 2. The lowest BCUT2D eigenvalue weighted by molar-refractivity contribution is 0.242. The van der Waals surface area contributed by atoms with Crippen LogP contribution in [0.3, 0.4) is 0 Å². The highest BCUT2D eigenvalue weighted by Gasteiger charge is 2.03. The molecule has 0 aliphatic heterocycles.